The summed E-state index contributed by atoms with van der Waals surface area (Å²) in [4.78, 5) is 21.2. The standard InChI is InChI=1S/C18H25F3N4O4S/c1-11-3-2-4-14(13(11)10-26)23-17-22-9-12(15(24-17)18(19,20)21)16(27)25-5-7-30(28,29)8-6-25/h9,11,13-14,26H,2-8,10H2,1H3,(H,22,23,24)/t11-,13-,14+/m1/s1. The van der Waals surface area contributed by atoms with Crippen molar-refractivity contribution in [1.29, 1.82) is 0 Å². The van der Waals surface area contributed by atoms with E-state index in [1.807, 2.05) is 6.92 Å². The van der Waals surface area contributed by atoms with E-state index in [9.17, 15) is 31.5 Å². The number of nitrogens with zero attached hydrogens (tertiary/aromatic N) is 3. The van der Waals surface area contributed by atoms with E-state index in [1.54, 1.807) is 0 Å². The van der Waals surface area contributed by atoms with Gasteiger partial charge in [0.15, 0.2) is 15.5 Å². The van der Waals surface area contributed by atoms with E-state index in [-0.39, 0.29) is 55.0 Å². The molecule has 3 rings (SSSR count). The lowest BCUT2D eigenvalue weighted by atomic mass is 9.77. The van der Waals surface area contributed by atoms with E-state index in [0.29, 0.717) is 6.42 Å². The first-order valence-electron chi connectivity index (χ1n) is 9.83. The number of halogens is 3. The van der Waals surface area contributed by atoms with Crippen molar-refractivity contribution in [2.24, 2.45) is 11.8 Å². The number of aliphatic hydroxyl groups is 1. The van der Waals surface area contributed by atoms with E-state index < -0.39 is 33.2 Å². The molecule has 2 heterocycles. The molecular formula is C18H25F3N4O4S. The average Bonchev–Trinajstić information content (AvgIpc) is 2.67. The van der Waals surface area contributed by atoms with Gasteiger partial charge in [0.05, 0.1) is 17.1 Å². The summed E-state index contributed by atoms with van der Waals surface area (Å²) in [6, 6.07) is -0.270. The second-order valence-electron chi connectivity index (χ2n) is 7.90. The molecule has 0 spiro atoms. The first-order chi connectivity index (χ1) is 14.0. The van der Waals surface area contributed by atoms with Crippen LogP contribution in [0.1, 0.15) is 42.2 Å². The van der Waals surface area contributed by atoms with Crippen LogP contribution in [0.3, 0.4) is 0 Å². The minimum Gasteiger partial charge on any atom is -0.396 e. The molecule has 1 amide bonds. The zero-order chi connectivity index (χ0) is 22.1. The average molecular weight is 450 g/mol. The van der Waals surface area contributed by atoms with Gasteiger partial charge in [-0.3, -0.25) is 4.79 Å². The molecule has 3 atom stereocenters. The van der Waals surface area contributed by atoms with Gasteiger partial charge in [0, 0.05) is 37.9 Å². The number of hydrogen-bond acceptors (Lipinski definition) is 7. The van der Waals surface area contributed by atoms with Gasteiger partial charge in [0.2, 0.25) is 5.95 Å². The van der Waals surface area contributed by atoms with Crippen LogP contribution in [0.5, 0.6) is 0 Å². The monoisotopic (exact) mass is 450 g/mol. The van der Waals surface area contributed by atoms with Gasteiger partial charge in [-0.15, -0.1) is 0 Å². The number of amides is 1. The van der Waals surface area contributed by atoms with Crippen LogP contribution in [0.4, 0.5) is 19.1 Å². The second kappa shape index (κ2) is 8.66. The highest BCUT2D eigenvalue weighted by atomic mass is 32.2. The molecule has 1 aliphatic carbocycles. The Bertz CT molecular complexity index is 880. The molecule has 0 radical (unpaired) electrons. The van der Waals surface area contributed by atoms with Gasteiger partial charge >= 0.3 is 6.18 Å². The Hall–Kier alpha value is -1.95. The maximum absolute atomic E-state index is 13.6. The Morgan fingerprint density at radius 3 is 2.57 bits per heavy atom. The highest BCUT2D eigenvalue weighted by molar-refractivity contribution is 7.91. The van der Waals surface area contributed by atoms with Crippen LogP contribution >= 0.6 is 0 Å². The summed E-state index contributed by atoms with van der Waals surface area (Å²) in [6.07, 6.45) is -1.58. The number of aromatic nitrogens is 2. The molecule has 1 saturated carbocycles. The molecule has 2 aliphatic rings. The quantitative estimate of drug-likeness (QED) is 0.716. The molecule has 0 aromatic carbocycles. The Balaban J connectivity index is 1.85. The second-order valence-corrected chi connectivity index (χ2v) is 10.2. The predicted molar refractivity (Wildman–Crippen MR) is 103 cm³/mol. The fourth-order valence-corrected chi connectivity index (χ4v) is 5.25. The van der Waals surface area contributed by atoms with E-state index in [0.717, 1.165) is 23.9 Å². The number of carbonyl (C=O) groups excluding carboxylic acids is 1. The van der Waals surface area contributed by atoms with Gasteiger partial charge in [0.25, 0.3) is 5.91 Å². The summed E-state index contributed by atoms with van der Waals surface area (Å²) in [5.74, 6) is -1.69. The Morgan fingerprint density at radius 1 is 1.30 bits per heavy atom. The molecule has 8 nitrogen and oxygen atoms in total. The van der Waals surface area contributed by atoms with Crippen LogP contribution in [0.25, 0.3) is 0 Å². The molecule has 168 valence electrons. The molecule has 30 heavy (non-hydrogen) atoms. The van der Waals surface area contributed by atoms with Crippen LogP contribution < -0.4 is 5.32 Å². The van der Waals surface area contributed by atoms with Gasteiger partial charge < -0.3 is 15.3 Å². The van der Waals surface area contributed by atoms with Gasteiger partial charge in [-0.05, 0) is 12.3 Å². The van der Waals surface area contributed by atoms with Crippen LogP contribution in [-0.2, 0) is 16.0 Å². The Morgan fingerprint density at radius 2 is 1.97 bits per heavy atom. The molecule has 2 N–H and O–H groups in total. The largest absolute Gasteiger partial charge is 0.434 e. The number of nitrogens with one attached hydrogen (secondary N) is 1. The van der Waals surface area contributed by atoms with E-state index in [2.05, 4.69) is 15.3 Å². The molecule has 1 saturated heterocycles. The number of rotatable bonds is 4. The Labute approximate surface area is 172 Å². The fourth-order valence-electron chi connectivity index (χ4n) is 4.05. The van der Waals surface area contributed by atoms with Gasteiger partial charge in [-0.1, -0.05) is 19.8 Å². The highest BCUT2D eigenvalue weighted by Crippen LogP contribution is 2.34. The van der Waals surface area contributed by atoms with Crippen molar-refractivity contribution in [3.05, 3.63) is 17.5 Å². The normalized spacial score (nSPS) is 27.0. The first kappa shape index (κ1) is 22.7. The van der Waals surface area contributed by atoms with Crippen LogP contribution in [0.15, 0.2) is 6.20 Å². The number of sulfone groups is 1. The van der Waals surface area contributed by atoms with Crippen LogP contribution in [0, 0.1) is 11.8 Å². The molecule has 1 aliphatic heterocycles. The number of carbonyl (C=O) groups is 1. The zero-order valence-electron chi connectivity index (χ0n) is 16.5. The molecule has 12 heteroatoms. The minimum atomic E-state index is -4.89. The number of anilines is 1. The van der Waals surface area contributed by atoms with E-state index >= 15 is 0 Å². The lowest BCUT2D eigenvalue weighted by Crippen LogP contribution is -2.44. The van der Waals surface area contributed by atoms with E-state index in [4.69, 9.17) is 0 Å². The van der Waals surface area contributed by atoms with Crippen molar-refractivity contribution < 1.29 is 31.5 Å². The van der Waals surface area contributed by atoms with Gasteiger partial charge in [-0.2, -0.15) is 13.2 Å². The number of aliphatic hydroxyl groups excluding tert-OH is 1. The Kier molecular flexibility index (Phi) is 6.56. The third-order valence-electron chi connectivity index (χ3n) is 5.87. The highest BCUT2D eigenvalue weighted by Gasteiger charge is 2.40. The molecule has 1 aromatic rings. The van der Waals surface area contributed by atoms with Gasteiger partial charge in [0.1, 0.15) is 0 Å². The maximum Gasteiger partial charge on any atom is 0.434 e. The smallest absolute Gasteiger partial charge is 0.396 e. The van der Waals surface area contributed by atoms with Crippen molar-refractivity contribution in [3.8, 4) is 0 Å². The summed E-state index contributed by atoms with van der Waals surface area (Å²) in [5, 5.41) is 12.5. The number of hydrogen-bond donors (Lipinski definition) is 2. The van der Waals surface area contributed by atoms with Crippen LogP contribution in [0.2, 0.25) is 0 Å². The topological polar surface area (TPSA) is 112 Å². The maximum atomic E-state index is 13.6. The summed E-state index contributed by atoms with van der Waals surface area (Å²) in [5.41, 5.74) is -2.06. The molecule has 1 aromatic heterocycles. The van der Waals surface area contributed by atoms with Crippen molar-refractivity contribution in [1.82, 2.24) is 14.9 Å². The zero-order valence-corrected chi connectivity index (χ0v) is 17.3. The van der Waals surface area contributed by atoms with Crippen molar-refractivity contribution >= 4 is 21.7 Å². The number of alkyl halides is 3. The summed E-state index contributed by atoms with van der Waals surface area (Å²) >= 11 is 0. The molecule has 0 bridgehead atoms. The molecular weight excluding hydrogens is 425 g/mol. The third kappa shape index (κ3) is 5.02. The lowest BCUT2D eigenvalue weighted by molar-refractivity contribution is -0.141. The van der Waals surface area contributed by atoms with Crippen molar-refractivity contribution in [2.45, 2.75) is 38.4 Å². The predicted octanol–water partition coefficient (Wildman–Crippen LogP) is 1.57. The SMILES string of the molecule is C[C@@H]1CCC[C@H](Nc2ncc(C(=O)N3CCS(=O)(=O)CC3)c(C(F)(F)F)n2)[C@@H]1CO. The third-order valence-corrected chi connectivity index (χ3v) is 7.48. The molecule has 0 unspecified atom stereocenters. The molecule has 2 fully saturated rings. The summed E-state index contributed by atoms with van der Waals surface area (Å²) in [7, 11) is -3.28. The summed E-state index contributed by atoms with van der Waals surface area (Å²) < 4.78 is 64.0. The fraction of sp³-hybridized carbons (Fsp3) is 0.722. The van der Waals surface area contributed by atoms with E-state index in [1.165, 1.54) is 0 Å². The lowest BCUT2D eigenvalue weighted by Gasteiger charge is -2.36. The van der Waals surface area contributed by atoms with Gasteiger partial charge in [-0.25, -0.2) is 18.4 Å². The van der Waals surface area contributed by atoms with Crippen molar-refractivity contribution in [3.63, 3.8) is 0 Å². The summed E-state index contributed by atoms with van der Waals surface area (Å²) in [6.45, 7) is 1.55. The first-order valence-corrected chi connectivity index (χ1v) is 11.7. The minimum absolute atomic E-state index is 0.0978. The van der Waals surface area contributed by atoms with Crippen molar-refractivity contribution in [2.75, 3.05) is 36.5 Å². The van der Waals surface area contributed by atoms with Crippen LogP contribution in [-0.4, -0.2) is 71.5 Å².